The fourth-order valence-electron chi connectivity index (χ4n) is 5.11. The fourth-order valence-corrected chi connectivity index (χ4v) is 5.11. The first-order valence-electron chi connectivity index (χ1n) is 7.07. The third-order valence-electron chi connectivity index (χ3n) is 6.33. The van der Waals surface area contributed by atoms with Crippen molar-refractivity contribution in [3.05, 3.63) is 0 Å². The van der Waals surface area contributed by atoms with E-state index in [1.807, 2.05) is 0 Å². The average molecular weight is 251 g/mol. The maximum atomic E-state index is 13.0. The molecule has 0 spiro atoms. The summed E-state index contributed by atoms with van der Waals surface area (Å²) in [4.78, 5) is 15.4. The minimum Gasteiger partial charge on any atom is -0.379 e. The second-order valence-electron chi connectivity index (χ2n) is 6.67. The lowest BCUT2D eigenvalue weighted by molar-refractivity contribution is -0.163. The van der Waals surface area contributed by atoms with E-state index >= 15 is 0 Å². The number of hydrogen-bond donors (Lipinski definition) is 0. The molecule has 4 bridgehead atoms. The summed E-state index contributed by atoms with van der Waals surface area (Å²) in [6.07, 6.45) is 2.13. The van der Waals surface area contributed by atoms with Gasteiger partial charge in [-0.05, 0) is 26.7 Å². The summed E-state index contributed by atoms with van der Waals surface area (Å²) in [5, 5.41) is 0. The zero-order valence-corrected chi connectivity index (χ0v) is 11.2. The molecule has 0 aromatic carbocycles. The van der Waals surface area contributed by atoms with E-state index in [1.54, 1.807) is 0 Å². The van der Waals surface area contributed by atoms with E-state index in [-0.39, 0.29) is 16.6 Å². The molecule has 4 heteroatoms. The monoisotopic (exact) mass is 251 g/mol. The normalized spacial score (nSPS) is 55.4. The Labute approximate surface area is 108 Å². The number of carbonyl (C=O) groups is 1. The lowest BCUT2D eigenvalue weighted by atomic mass is 9.72. The SMILES string of the molecule is CC12CCC3C(N4CCOCC4)(COC31C)C2=O. The molecule has 0 amide bonds. The van der Waals surface area contributed by atoms with E-state index in [4.69, 9.17) is 9.47 Å². The molecule has 4 unspecified atom stereocenters. The molecular weight excluding hydrogens is 230 g/mol. The maximum Gasteiger partial charge on any atom is 0.164 e. The lowest BCUT2D eigenvalue weighted by Crippen LogP contribution is -2.64. The van der Waals surface area contributed by atoms with Gasteiger partial charge in [0, 0.05) is 19.0 Å². The van der Waals surface area contributed by atoms with Crippen LogP contribution in [0, 0.1) is 11.3 Å². The predicted molar refractivity (Wildman–Crippen MR) is 65.3 cm³/mol. The number of ketones is 1. The molecule has 2 heterocycles. The Morgan fingerprint density at radius 1 is 1.28 bits per heavy atom. The summed E-state index contributed by atoms with van der Waals surface area (Å²) < 4.78 is 11.6. The molecule has 18 heavy (non-hydrogen) atoms. The molecule has 100 valence electrons. The molecule has 4 rings (SSSR count). The molecule has 0 N–H and O–H groups in total. The highest BCUT2D eigenvalue weighted by molar-refractivity contribution is 6.00. The molecule has 0 radical (unpaired) electrons. The summed E-state index contributed by atoms with van der Waals surface area (Å²) in [5.41, 5.74) is -0.803. The van der Waals surface area contributed by atoms with Gasteiger partial charge in [-0.1, -0.05) is 0 Å². The molecular formula is C14H21NO3. The minimum atomic E-state index is -0.328. The van der Waals surface area contributed by atoms with Crippen LogP contribution in [-0.2, 0) is 14.3 Å². The van der Waals surface area contributed by atoms with Crippen LogP contribution in [0.5, 0.6) is 0 Å². The Kier molecular flexibility index (Phi) is 2.00. The molecule has 0 aromatic rings. The molecule has 2 saturated carbocycles. The highest BCUT2D eigenvalue weighted by Gasteiger charge is 2.81. The van der Waals surface area contributed by atoms with Gasteiger partial charge in [0.25, 0.3) is 0 Å². The summed E-state index contributed by atoms with van der Waals surface area (Å²) in [5.74, 6) is 0.836. The van der Waals surface area contributed by atoms with E-state index in [9.17, 15) is 4.79 Å². The second kappa shape index (κ2) is 3.17. The number of nitrogens with zero attached hydrogens (tertiary/aromatic N) is 1. The van der Waals surface area contributed by atoms with E-state index in [0.717, 1.165) is 39.1 Å². The van der Waals surface area contributed by atoms with Crippen LogP contribution in [0.1, 0.15) is 26.7 Å². The second-order valence-corrected chi connectivity index (χ2v) is 6.67. The number of hydrogen-bond acceptors (Lipinski definition) is 4. The zero-order chi connectivity index (χ0) is 12.6. The highest BCUT2D eigenvalue weighted by Crippen LogP contribution is 2.69. The van der Waals surface area contributed by atoms with Crippen LogP contribution in [0.25, 0.3) is 0 Å². The van der Waals surface area contributed by atoms with Gasteiger partial charge in [0.2, 0.25) is 0 Å². The first-order valence-corrected chi connectivity index (χ1v) is 7.07. The van der Waals surface area contributed by atoms with E-state index in [0.29, 0.717) is 18.3 Å². The number of carbonyl (C=O) groups excluding carboxylic acids is 1. The minimum absolute atomic E-state index is 0.220. The van der Waals surface area contributed by atoms with Crippen molar-refractivity contribution in [2.24, 2.45) is 11.3 Å². The molecule has 4 aliphatic rings. The van der Waals surface area contributed by atoms with Crippen LogP contribution < -0.4 is 0 Å². The van der Waals surface area contributed by atoms with Crippen molar-refractivity contribution in [1.29, 1.82) is 0 Å². The molecule has 2 aliphatic heterocycles. The van der Waals surface area contributed by atoms with Crippen LogP contribution in [-0.4, -0.2) is 54.7 Å². The van der Waals surface area contributed by atoms with Gasteiger partial charge in [-0.3, -0.25) is 9.69 Å². The fraction of sp³-hybridized carbons (Fsp3) is 0.929. The summed E-state index contributed by atoms with van der Waals surface area (Å²) in [7, 11) is 0. The van der Waals surface area contributed by atoms with Gasteiger partial charge < -0.3 is 9.47 Å². The quantitative estimate of drug-likeness (QED) is 0.692. The summed E-state index contributed by atoms with van der Waals surface area (Å²) in [6.45, 7) is 8.12. The summed E-state index contributed by atoms with van der Waals surface area (Å²) >= 11 is 0. The standard InChI is InChI=1S/C14H21NO3/c1-12-4-3-10-13(12,2)18-9-14(10,11(12)16)15-5-7-17-8-6-15/h10H,3-9H2,1-2H3. The molecule has 4 fully saturated rings. The molecule has 2 aliphatic carbocycles. The predicted octanol–water partition coefficient (Wildman–Crippen LogP) is 0.845. The Hall–Kier alpha value is -0.450. The highest BCUT2D eigenvalue weighted by atomic mass is 16.5. The van der Waals surface area contributed by atoms with Gasteiger partial charge in [-0.2, -0.15) is 0 Å². The maximum absolute atomic E-state index is 13.0. The molecule has 4 nitrogen and oxygen atoms in total. The van der Waals surface area contributed by atoms with Crippen LogP contribution >= 0.6 is 0 Å². The lowest BCUT2D eigenvalue weighted by Gasteiger charge is -2.47. The number of Topliss-reactive ketones (excluding diaryl/α,β-unsaturated/α-hetero) is 1. The van der Waals surface area contributed by atoms with Crippen LogP contribution in [0.4, 0.5) is 0 Å². The third kappa shape index (κ3) is 0.928. The Bertz CT molecular complexity index is 419. The van der Waals surface area contributed by atoms with Crippen LogP contribution in [0.2, 0.25) is 0 Å². The van der Waals surface area contributed by atoms with Crippen molar-refractivity contribution >= 4 is 5.78 Å². The van der Waals surface area contributed by atoms with Gasteiger partial charge in [0.15, 0.2) is 5.78 Å². The molecule has 0 aromatic heterocycles. The number of rotatable bonds is 1. The van der Waals surface area contributed by atoms with Crippen molar-refractivity contribution in [2.75, 3.05) is 32.9 Å². The Morgan fingerprint density at radius 2 is 2.00 bits per heavy atom. The molecule has 4 atom stereocenters. The largest absolute Gasteiger partial charge is 0.379 e. The van der Waals surface area contributed by atoms with Gasteiger partial charge in [-0.25, -0.2) is 0 Å². The summed E-state index contributed by atoms with van der Waals surface area (Å²) in [6, 6.07) is 0. The van der Waals surface area contributed by atoms with Crippen molar-refractivity contribution in [1.82, 2.24) is 4.90 Å². The van der Waals surface area contributed by atoms with Crippen molar-refractivity contribution < 1.29 is 14.3 Å². The average Bonchev–Trinajstić information content (AvgIpc) is 2.88. The first kappa shape index (κ1) is 11.4. The number of morpholine rings is 1. The van der Waals surface area contributed by atoms with Crippen LogP contribution in [0.3, 0.4) is 0 Å². The van der Waals surface area contributed by atoms with Crippen molar-refractivity contribution in [2.45, 2.75) is 37.8 Å². The smallest absolute Gasteiger partial charge is 0.164 e. The van der Waals surface area contributed by atoms with Gasteiger partial charge in [0.05, 0.1) is 30.8 Å². The van der Waals surface area contributed by atoms with Crippen LogP contribution in [0.15, 0.2) is 0 Å². The van der Waals surface area contributed by atoms with Gasteiger partial charge >= 0.3 is 0 Å². The third-order valence-corrected chi connectivity index (χ3v) is 6.33. The topological polar surface area (TPSA) is 38.8 Å². The van der Waals surface area contributed by atoms with E-state index < -0.39 is 0 Å². The van der Waals surface area contributed by atoms with Gasteiger partial charge in [-0.15, -0.1) is 0 Å². The van der Waals surface area contributed by atoms with E-state index in [1.165, 1.54) is 0 Å². The molecule has 2 saturated heterocycles. The zero-order valence-electron chi connectivity index (χ0n) is 11.2. The van der Waals surface area contributed by atoms with Crippen molar-refractivity contribution in [3.8, 4) is 0 Å². The van der Waals surface area contributed by atoms with E-state index in [2.05, 4.69) is 18.7 Å². The van der Waals surface area contributed by atoms with Crippen molar-refractivity contribution in [3.63, 3.8) is 0 Å². The Balaban J connectivity index is 1.80. The first-order chi connectivity index (χ1) is 8.56. The number of ether oxygens (including phenoxy) is 2. The van der Waals surface area contributed by atoms with Gasteiger partial charge in [0.1, 0.15) is 5.54 Å². The Morgan fingerprint density at radius 3 is 2.61 bits per heavy atom.